The van der Waals surface area contributed by atoms with E-state index < -0.39 is 23.8 Å². The lowest BCUT2D eigenvalue weighted by molar-refractivity contribution is -0.158. The number of ketones is 1. The van der Waals surface area contributed by atoms with Gasteiger partial charge in [0.1, 0.15) is 0 Å². The van der Waals surface area contributed by atoms with Gasteiger partial charge in [-0.1, -0.05) is 6.58 Å². The maximum absolute atomic E-state index is 10.6. The Morgan fingerprint density at radius 3 is 2.36 bits per heavy atom. The van der Waals surface area contributed by atoms with Crippen LogP contribution in [0.15, 0.2) is 12.7 Å². The van der Waals surface area contributed by atoms with E-state index in [1.807, 2.05) is 0 Å². The smallest absolute Gasteiger partial charge is 0.335 e. The number of carboxylic acids is 1. The average molecular weight is 158 g/mol. The number of hydrogen-bond donors (Lipinski definition) is 2. The molecule has 0 aromatic rings. The second-order valence-corrected chi connectivity index (χ2v) is 2.43. The highest BCUT2D eigenvalue weighted by Gasteiger charge is 2.31. The molecule has 11 heavy (non-hydrogen) atoms. The van der Waals surface area contributed by atoms with Crippen molar-refractivity contribution in [3.05, 3.63) is 12.7 Å². The molecule has 0 amide bonds. The molecule has 0 aromatic carbocycles. The minimum atomic E-state index is -1.98. The first-order valence-corrected chi connectivity index (χ1v) is 3.01. The van der Waals surface area contributed by atoms with Crippen LogP contribution >= 0.6 is 0 Å². The topological polar surface area (TPSA) is 74.6 Å². The summed E-state index contributed by atoms with van der Waals surface area (Å²) < 4.78 is 0. The molecule has 0 radical (unpaired) electrons. The number of carbonyl (C=O) groups is 2. The van der Waals surface area contributed by atoms with E-state index in [1.165, 1.54) is 0 Å². The Morgan fingerprint density at radius 1 is 1.64 bits per heavy atom. The van der Waals surface area contributed by atoms with Crippen molar-refractivity contribution in [2.24, 2.45) is 0 Å². The summed E-state index contributed by atoms with van der Waals surface area (Å²) in [6.07, 6.45) is 0.545. The van der Waals surface area contributed by atoms with Gasteiger partial charge in [0.25, 0.3) is 0 Å². The minimum Gasteiger partial charge on any atom is -0.479 e. The summed E-state index contributed by atoms with van der Waals surface area (Å²) in [5, 5.41) is 17.4. The van der Waals surface area contributed by atoms with Crippen molar-refractivity contribution in [3.63, 3.8) is 0 Å². The molecule has 0 spiro atoms. The number of aliphatic carboxylic acids is 1. The van der Waals surface area contributed by atoms with Crippen molar-refractivity contribution >= 4 is 11.8 Å². The molecular formula is C7H10O4. The second-order valence-electron chi connectivity index (χ2n) is 2.43. The van der Waals surface area contributed by atoms with E-state index in [9.17, 15) is 9.59 Å². The minimum absolute atomic E-state index is 0.439. The van der Waals surface area contributed by atoms with Crippen molar-refractivity contribution in [2.75, 3.05) is 0 Å². The predicted molar refractivity (Wildman–Crippen MR) is 38.1 cm³/mol. The van der Waals surface area contributed by atoms with Gasteiger partial charge in [-0.3, -0.25) is 4.79 Å². The Hall–Kier alpha value is -1.16. The first-order chi connectivity index (χ1) is 4.90. The Kier molecular flexibility index (Phi) is 2.95. The van der Waals surface area contributed by atoms with Crippen molar-refractivity contribution < 1.29 is 19.8 Å². The fourth-order valence-electron chi connectivity index (χ4n) is 0.487. The molecule has 1 unspecified atom stereocenters. The summed E-state index contributed by atoms with van der Waals surface area (Å²) in [7, 11) is 0. The molecule has 0 saturated carbocycles. The van der Waals surface area contributed by atoms with Gasteiger partial charge in [-0.2, -0.15) is 0 Å². The normalized spacial score (nSPS) is 15.1. The number of carboxylic acid groups (broad SMARTS) is 1. The molecule has 0 aliphatic heterocycles. The standard InChI is InChI=1S/C7H10O4/c1-3-5(8)4-7(2,11)6(9)10/h3,11H,1,4H2,2H3,(H,9,10). The lowest BCUT2D eigenvalue weighted by Crippen LogP contribution is -2.36. The van der Waals surface area contributed by atoms with Crippen LogP contribution in [0.3, 0.4) is 0 Å². The van der Waals surface area contributed by atoms with Crippen LogP contribution in [0, 0.1) is 0 Å². The number of carbonyl (C=O) groups excluding carboxylic acids is 1. The predicted octanol–water partition coefficient (Wildman–Crippen LogP) is -0.0328. The summed E-state index contributed by atoms with van der Waals surface area (Å²) in [5.74, 6) is -1.90. The number of hydrogen-bond acceptors (Lipinski definition) is 3. The van der Waals surface area contributed by atoms with Crippen LogP contribution in [0.5, 0.6) is 0 Å². The third-order valence-corrected chi connectivity index (χ3v) is 1.21. The van der Waals surface area contributed by atoms with Gasteiger partial charge in [0.05, 0.1) is 0 Å². The van der Waals surface area contributed by atoms with Gasteiger partial charge in [0.15, 0.2) is 11.4 Å². The first-order valence-electron chi connectivity index (χ1n) is 3.01. The number of rotatable bonds is 4. The van der Waals surface area contributed by atoms with E-state index in [2.05, 4.69) is 6.58 Å². The van der Waals surface area contributed by atoms with Gasteiger partial charge in [0.2, 0.25) is 0 Å². The van der Waals surface area contributed by atoms with Gasteiger partial charge in [-0.25, -0.2) is 4.79 Å². The number of aliphatic hydroxyl groups is 1. The van der Waals surface area contributed by atoms with Crippen LogP contribution in [0.4, 0.5) is 0 Å². The second kappa shape index (κ2) is 3.30. The fraction of sp³-hybridized carbons (Fsp3) is 0.429. The Labute approximate surface area is 64.2 Å². The third kappa shape index (κ3) is 2.95. The van der Waals surface area contributed by atoms with E-state index in [4.69, 9.17) is 10.2 Å². The molecular weight excluding hydrogens is 148 g/mol. The molecule has 4 heteroatoms. The van der Waals surface area contributed by atoms with Crippen molar-refractivity contribution in [1.82, 2.24) is 0 Å². The zero-order chi connectivity index (χ0) is 9.07. The Balaban J connectivity index is 4.23. The molecule has 2 N–H and O–H groups in total. The molecule has 0 fully saturated rings. The molecule has 0 heterocycles. The van der Waals surface area contributed by atoms with Crippen LogP contribution in [0.1, 0.15) is 13.3 Å². The summed E-state index contributed by atoms with van der Waals surface area (Å²) in [6, 6.07) is 0. The maximum atomic E-state index is 10.6. The van der Waals surface area contributed by atoms with Crippen LogP contribution in [0.25, 0.3) is 0 Å². The molecule has 0 saturated heterocycles. The maximum Gasteiger partial charge on any atom is 0.335 e. The Bertz CT molecular complexity index is 193. The molecule has 0 aliphatic carbocycles. The van der Waals surface area contributed by atoms with Crippen LogP contribution in [-0.2, 0) is 9.59 Å². The summed E-state index contributed by atoms with van der Waals surface area (Å²) in [6.45, 7) is 4.22. The highest BCUT2D eigenvalue weighted by Crippen LogP contribution is 2.09. The highest BCUT2D eigenvalue weighted by molar-refractivity contribution is 5.94. The molecule has 1 atom stereocenters. The molecule has 0 bridgehead atoms. The largest absolute Gasteiger partial charge is 0.479 e. The van der Waals surface area contributed by atoms with Crippen LogP contribution in [-0.4, -0.2) is 27.6 Å². The molecule has 0 aliphatic rings. The zero-order valence-electron chi connectivity index (χ0n) is 6.20. The lowest BCUT2D eigenvalue weighted by Gasteiger charge is -2.14. The molecule has 62 valence electrons. The summed E-state index contributed by atoms with van der Waals surface area (Å²) in [4.78, 5) is 20.8. The lowest BCUT2D eigenvalue weighted by atomic mass is 10.00. The molecule has 0 aromatic heterocycles. The molecule has 4 nitrogen and oxygen atoms in total. The fourth-order valence-corrected chi connectivity index (χ4v) is 0.487. The first kappa shape index (κ1) is 9.84. The van der Waals surface area contributed by atoms with E-state index >= 15 is 0 Å². The molecule has 0 rings (SSSR count). The van der Waals surface area contributed by atoms with E-state index in [-0.39, 0.29) is 0 Å². The van der Waals surface area contributed by atoms with Gasteiger partial charge < -0.3 is 10.2 Å². The number of allylic oxidation sites excluding steroid dienone is 1. The SMILES string of the molecule is C=CC(=O)CC(C)(O)C(=O)O. The van der Waals surface area contributed by atoms with Crippen molar-refractivity contribution in [3.8, 4) is 0 Å². The van der Waals surface area contributed by atoms with Crippen LogP contribution in [0.2, 0.25) is 0 Å². The quantitative estimate of drug-likeness (QED) is 0.563. The summed E-state index contributed by atoms with van der Waals surface area (Å²) >= 11 is 0. The van der Waals surface area contributed by atoms with Gasteiger partial charge in [-0.15, -0.1) is 0 Å². The van der Waals surface area contributed by atoms with Gasteiger partial charge in [-0.05, 0) is 13.0 Å². The third-order valence-electron chi connectivity index (χ3n) is 1.21. The van der Waals surface area contributed by atoms with E-state index in [0.717, 1.165) is 13.0 Å². The highest BCUT2D eigenvalue weighted by atomic mass is 16.4. The van der Waals surface area contributed by atoms with Crippen molar-refractivity contribution in [1.29, 1.82) is 0 Å². The average Bonchev–Trinajstić information content (AvgIpc) is 1.86. The Morgan fingerprint density at radius 2 is 2.09 bits per heavy atom. The van der Waals surface area contributed by atoms with Gasteiger partial charge >= 0.3 is 5.97 Å². The van der Waals surface area contributed by atoms with Gasteiger partial charge in [0, 0.05) is 6.42 Å². The summed E-state index contributed by atoms with van der Waals surface area (Å²) in [5.41, 5.74) is -1.98. The monoisotopic (exact) mass is 158 g/mol. The van der Waals surface area contributed by atoms with Crippen molar-refractivity contribution in [2.45, 2.75) is 18.9 Å². The zero-order valence-corrected chi connectivity index (χ0v) is 6.20. The van der Waals surface area contributed by atoms with E-state index in [0.29, 0.717) is 0 Å². The van der Waals surface area contributed by atoms with E-state index in [1.54, 1.807) is 0 Å². The van der Waals surface area contributed by atoms with Crippen LogP contribution < -0.4 is 0 Å².